The quantitative estimate of drug-likeness (QED) is 0.511. The first-order valence-corrected chi connectivity index (χ1v) is 5.39. The maximum atomic E-state index is 11.7. The first kappa shape index (κ1) is 11.0. The lowest BCUT2D eigenvalue weighted by molar-refractivity contribution is 0.0977. The van der Waals surface area contributed by atoms with Crippen molar-refractivity contribution < 1.29 is 9.21 Å². The van der Waals surface area contributed by atoms with Crippen LogP contribution in [0, 0.1) is 0 Å². The molecule has 78 valence electrons. The van der Waals surface area contributed by atoms with Gasteiger partial charge in [0.1, 0.15) is 5.76 Å². The van der Waals surface area contributed by atoms with Crippen LogP contribution in [-0.4, -0.2) is 5.78 Å². The highest BCUT2D eigenvalue weighted by molar-refractivity contribution is 5.96. The molecule has 0 aliphatic carbocycles. The van der Waals surface area contributed by atoms with Gasteiger partial charge < -0.3 is 4.42 Å². The highest BCUT2D eigenvalue weighted by atomic mass is 16.3. The van der Waals surface area contributed by atoms with E-state index in [1.165, 1.54) is 0 Å². The van der Waals surface area contributed by atoms with Crippen molar-refractivity contribution in [2.45, 2.75) is 46.0 Å². The molecule has 0 N–H and O–H groups in total. The Hall–Kier alpha value is -1.05. The molecule has 0 aromatic carbocycles. The molecule has 2 nitrogen and oxygen atoms in total. The summed E-state index contributed by atoms with van der Waals surface area (Å²) in [5, 5.41) is 0. The van der Waals surface area contributed by atoms with E-state index in [-0.39, 0.29) is 5.78 Å². The number of rotatable bonds is 6. The number of carbonyl (C=O) groups excluding carboxylic acids is 1. The monoisotopic (exact) mass is 194 g/mol. The average Bonchev–Trinajstić information content (AvgIpc) is 2.65. The predicted molar refractivity (Wildman–Crippen MR) is 56.6 cm³/mol. The van der Waals surface area contributed by atoms with Crippen molar-refractivity contribution in [1.29, 1.82) is 0 Å². The first-order chi connectivity index (χ1) is 6.79. The van der Waals surface area contributed by atoms with Gasteiger partial charge in [0.25, 0.3) is 0 Å². The lowest BCUT2D eigenvalue weighted by Gasteiger charge is -1.99. The van der Waals surface area contributed by atoms with E-state index in [0.717, 1.165) is 37.0 Å². The summed E-state index contributed by atoms with van der Waals surface area (Å²) >= 11 is 0. The van der Waals surface area contributed by atoms with Crippen molar-refractivity contribution in [3.8, 4) is 0 Å². The number of hydrogen-bond acceptors (Lipinski definition) is 2. The number of Topliss-reactive ketones (excluding diaryl/α,β-unsaturated/α-hetero) is 1. The van der Waals surface area contributed by atoms with Gasteiger partial charge in [-0.2, -0.15) is 0 Å². The van der Waals surface area contributed by atoms with E-state index in [1.807, 2.05) is 6.92 Å². The van der Waals surface area contributed by atoms with E-state index in [4.69, 9.17) is 4.42 Å². The second kappa shape index (κ2) is 5.63. The zero-order valence-corrected chi connectivity index (χ0v) is 9.01. The third-order valence-corrected chi connectivity index (χ3v) is 2.37. The third-order valence-electron chi connectivity index (χ3n) is 2.37. The summed E-state index contributed by atoms with van der Waals surface area (Å²) < 4.78 is 5.22. The van der Waals surface area contributed by atoms with Gasteiger partial charge in [-0.3, -0.25) is 4.79 Å². The molecular formula is C12H18O2. The van der Waals surface area contributed by atoms with Crippen LogP contribution in [0.3, 0.4) is 0 Å². The molecule has 0 amide bonds. The maximum absolute atomic E-state index is 11.7. The molecule has 0 atom stereocenters. The zero-order valence-electron chi connectivity index (χ0n) is 9.01. The van der Waals surface area contributed by atoms with Gasteiger partial charge >= 0.3 is 0 Å². The molecule has 14 heavy (non-hydrogen) atoms. The molecule has 0 radical (unpaired) electrons. The van der Waals surface area contributed by atoms with Gasteiger partial charge in [0.05, 0.1) is 11.8 Å². The number of hydrogen-bond donors (Lipinski definition) is 0. The summed E-state index contributed by atoms with van der Waals surface area (Å²) in [4.78, 5) is 11.7. The van der Waals surface area contributed by atoms with Crippen molar-refractivity contribution >= 4 is 5.78 Å². The van der Waals surface area contributed by atoms with Gasteiger partial charge in [0.2, 0.25) is 0 Å². The van der Waals surface area contributed by atoms with Crippen LogP contribution in [0.4, 0.5) is 0 Å². The minimum absolute atomic E-state index is 0.226. The Morgan fingerprint density at radius 2 is 2.14 bits per heavy atom. The first-order valence-electron chi connectivity index (χ1n) is 5.39. The molecule has 0 fully saturated rings. The minimum atomic E-state index is 0.226. The molecule has 0 spiro atoms. The van der Waals surface area contributed by atoms with Gasteiger partial charge in [-0.05, 0) is 12.5 Å². The van der Waals surface area contributed by atoms with Crippen molar-refractivity contribution in [3.05, 3.63) is 23.7 Å². The Kier molecular flexibility index (Phi) is 4.44. The Morgan fingerprint density at radius 1 is 1.36 bits per heavy atom. The highest BCUT2D eigenvalue weighted by Crippen LogP contribution is 2.15. The largest absolute Gasteiger partial charge is 0.469 e. The van der Waals surface area contributed by atoms with Crippen molar-refractivity contribution in [3.63, 3.8) is 0 Å². The molecule has 1 aromatic heterocycles. The topological polar surface area (TPSA) is 30.2 Å². The summed E-state index contributed by atoms with van der Waals surface area (Å²) in [7, 11) is 0. The molecule has 0 bridgehead atoms. The maximum Gasteiger partial charge on any atom is 0.166 e. The van der Waals surface area contributed by atoms with Crippen LogP contribution >= 0.6 is 0 Å². The Morgan fingerprint density at radius 3 is 2.79 bits per heavy atom. The third kappa shape index (κ3) is 2.72. The summed E-state index contributed by atoms with van der Waals surface area (Å²) in [6.45, 7) is 4.14. The van der Waals surface area contributed by atoms with Crippen LogP contribution in [0.15, 0.2) is 16.7 Å². The molecule has 1 rings (SSSR count). The molecule has 2 heteroatoms. The zero-order chi connectivity index (χ0) is 10.4. The lowest BCUT2D eigenvalue weighted by atomic mass is 10.0. The standard InChI is InChI=1S/C12H18O2/c1-3-5-6-7-11(13)10-8-9-14-12(10)4-2/h8-9H,3-7H2,1-2H3. The van der Waals surface area contributed by atoms with E-state index < -0.39 is 0 Å². The molecule has 0 aliphatic heterocycles. The number of furan rings is 1. The van der Waals surface area contributed by atoms with Crippen molar-refractivity contribution in [1.82, 2.24) is 0 Å². The number of carbonyl (C=O) groups is 1. The van der Waals surface area contributed by atoms with Crippen LogP contribution in [-0.2, 0) is 6.42 Å². The van der Waals surface area contributed by atoms with Crippen LogP contribution in [0.5, 0.6) is 0 Å². The average molecular weight is 194 g/mol. The van der Waals surface area contributed by atoms with Gasteiger partial charge in [0.15, 0.2) is 5.78 Å². The Bertz CT molecular complexity index is 286. The number of ketones is 1. The lowest BCUT2D eigenvalue weighted by Crippen LogP contribution is -2.00. The van der Waals surface area contributed by atoms with E-state index in [0.29, 0.717) is 6.42 Å². The molecule has 0 saturated heterocycles. The van der Waals surface area contributed by atoms with Gasteiger partial charge in [-0.1, -0.05) is 26.7 Å². The Labute approximate surface area is 85.3 Å². The summed E-state index contributed by atoms with van der Waals surface area (Å²) in [5.41, 5.74) is 0.781. The van der Waals surface area contributed by atoms with E-state index in [9.17, 15) is 4.79 Å². The molecule has 1 heterocycles. The molecule has 1 aromatic rings. The van der Waals surface area contributed by atoms with Crippen LogP contribution in [0.2, 0.25) is 0 Å². The minimum Gasteiger partial charge on any atom is -0.469 e. The second-order valence-corrected chi connectivity index (χ2v) is 3.49. The van der Waals surface area contributed by atoms with Gasteiger partial charge in [0, 0.05) is 12.8 Å². The highest BCUT2D eigenvalue weighted by Gasteiger charge is 2.12. The van der Waals surface area contributed by atoms with Crippen LogP contribution in [0.1, 0.15) is 55.6 Å². The van der Waals surface area contributed by atoms with Crippen molar-refractivity contribution in [2.75, 3.05) is 0 Å². The van der Waals surface area contributed by atoms with E-state index in [1.54, 1.807) is 12.3 Å². The predicted octanol–water partition coefficient (Wildman–Crippen LogP) is 3.61. The fourth-order valence-electron chi connectivity index (χ4n) is 1.53. The van der Waals surface area contributed by atoms with Crippen LogP contribution in [0.25, 0.3) is 0 Å². The normalized spacial score (nSPS) is 10.4. The Balaban J connectivity index is 2.51. The SMILES string of the molecule is CCCCCC(=O)c1ccoc1CC. The molecular weight excluding hydrogens is 176 g/mol. The van der Waals surface area contributed by atoms with E-state index >= 15 is 0 Å². The summed E-state index contributed by atoms with van der Waals surface area (Å²) in [6.07, 6.45) is 6.32. The molecule has 0 saturated carbocycles. The molecule has 0 unspecified atom stereocenters. The fraction of sp³-hybridized carbons (Fsp3) is 0.583. The van der Waals surface area contributed by atoms with E-state index in [2.05, 4.69) is 6.92 Å². The number of aryl methyl sites for hydroxylation is 1. The van der Waals surface area contributed by atoms with Crippen molar-refractivity contribution in [2.24, 2.45) is 0 Å². The van der Waals surface area contributed by atoms with Gasteiger partial charge in [-0.15, -0.1) is 0 Å². The summed E-state index contributed by atoms with van der Waals surface area (Å²) in [6, 6.07) is 1.78. The van der Waals surface area contributed by atoms with Gasteiger partial charge in [-0.25, -0.2) is 0 Å². The second-order valence-electron chi connectivity index (χ2n) is 3.49. The fourth-order valence-corrected chi connectivity index (χ4v) is 1.53. The summed E-state index contributed by atoms with van der Waals surface area (Å²) in [5.74, 6) is 1.05. The number of unbranched alkanes of at least 4 members (excludes halogenated alkanes) is 2. The van der Waals surface area contributed by atoms with Crippen LogP contribution < -0.4 is 0 Å². The molecule has 0 aliphatic rings. The smallest absolute Gasteiger partial charge is 0.166 e.